The van der Waals surface area contributed by atoms with Crippen molar-refractivity contribution < 1.29 is 9.47 Å². The minimum atomic E-state index is -0.0493. The van der Waals surface area contributed by atoms with Crippen LogP contribution < -0.4 is 4.90 Å². The molecule has 3 saturated heterocycles. The van der Waals surface area contributed by atoms with Crippen LogP contribution in [0.25, 0.3) is 0 Å². The minimum absolute atomic E-state index is 0.0493. The van der Waals surface area contributed by atoms with Crippen molar-refractivity contribution in [3.8, 4) is 0 Å². The van der Waals surface area contributed by atoms with Gasteiger partial charge in [0.2, 0.25) is 0 Å². The number of rotatable bonds is 2. The van der Waals surface area contributed by atoms with Crippen LogP contribution in [-0.2, 0) is 9.47 Å². The van der Waals surface area contributed by atoms with Crippen molar-refractivity contribution in [2.75, 3.05) is 50.9 Å². The molecule has 3 aliphatic heterocycles. The summed E-state index contributed by atoms with van der Waals surface area (Å²) in [4.78, 5) is 13.7. The first-order valence-electron chi connectivity index (χ1n) is 8.81. The Morgan fingerprint density at radius 3 is 2.83 bits per heavy atom. The van der Waals surface area contributed by atoms with Crippen LogP contribution in [0, 0.1) is 0 Å². The highest BCUT2D eigenvalue weighted by molar-refractivity contribution is 5.36. The van der Waals surface area contributed by atoms with Gasteiger partial charge in [0.05, 0.1) is 18.4 Å². The third-order valence-electron chi connectivity index (χ3n) is 5.40. The zero-order valence-corrected chi connectivity index (χ0v) is 13.7. The fourth-order valence-electron chi connectivity index (χ4n) is 4.23. The zero-order chi connectivity index (χ0) is 15.5. The Bertz CT molecular complexity index is 505. The molecule has 1 atom stereocenters. The molecule has 23 heavy (non-hydrogen) atoms. The predicted octanol–water partition coefficient (Wildman–Crippen LogP) is 1.33. The molecule has 0 saturated carbocycles. The van der Waals surface area contributed by atoms with Crippen molar-refractivity contribution in [2.45, 2.75) is 37.3 Å². The summed E-state index contributed by atoms with van der Waals surface area (Å²) in [5, 5.41) is 0. The smallest absolute Gasteiger partial charge is 0.147 e. The van der Waals surface area contributed by atoms with E-state index in [2.05, 4.69) is 19.8 Å². The van der Waals surface area contributed by atoms with Crippen LogP contribution in [-0.4, -0.2) is 72.5 Å². The monoisotopic (exact) mass is 318 g/mol. The summed E-state index contributed by atoms with van der Waals surface area (Å²) >= 11 is 0. The fourth-order valence-corrected chi connectivity index (χ4v) is 4.23. The van der Waals surface area contributed by atoms with Crippen molar-refractivity contribution in [3.63, 3.8) is 0 Å². The molecule has 0 bridgehead atoms. The lowest BCUT2D eigenvalue weighted by Gasteiger charge is -2.50. The van der Waals surface area contributed by atoms with Crippen LogP contribution in [0.1, 0.15) is 25.7 Å². The zero-order valence-electron chi connectivity index (χ0n) is 13.7. The average molecular weight is 318 g/mol. The summed E-state index contributed by atoms with van der Waals surface area (Å²) in [6, 6.07) is 0.663. The Kier molecular flexibility index (Phi) is 4.46. The van der Waals surface area contributed by atoms with Gasteiger partial charge in [0, 0.05) is 57.8 Å². The van der Waals surface area contributed by atoms with Gasteiger partial charge in [-0.05, 0) is 25.7 Å². The third-order valence-corrected chi connectivity index (χ3v) is 5.40. The number of piperidine rings is 1. The van der Waals surface area contributed by atoms with E-state index in [1.165, 1.54) is 0 Å². The van der Waals surface area contributed by atoms with Gasteiger partial charge < -0.3 is 14.4 Å². The Balaban J connectivity index is 1.46. The highest BCUT2D eigenvalue weighted by Gasteiger charge is 2.42. The van der Waals surface area contributed by atoms with E-state index >= 15 is 0 Å². The van der Waals surface area contributed by atoms with E-state index in [-0.39, 0.29) is 5.60 Å². The molecule has 6 heteroatoms. The topological polar surface area (TPSA) is 50.7 Å². The lowest BCUT2D eigenvalue weighted by molar-refractivity contribution is -0.131. The van der Waals surface area contributed by atoms with Crippen LogP contribution in [0.15, 0.2) is 18.6 Å². The van der Waals surface area contributed by atoms with Gasteiger partial charge in [0.1, 0.15) is 5.82 Å². The average Bonchev–Trinajstić information content (AvgIpc) is 2.63. The number of hydrogen-bond acceptors (Lipinski definition) is 6. The molecule has 4 heterocycles. The largest absolute Gasteiger partial charge is 0.381 e. The first-order chi connectivity index (χ1) is 11.3. The highest BCUT2D eigenvalue weighted by Crippen LogP contribution is 2.32. The van der Waals surface area contributed by atoms with Crippen molar-refractivity contribution in [3.05, 3.63) is 18.6 Å². The van der Waals surface area contributed by atoms with Crippen LogP contribution in [0.4, 0.5) is 5.82 Å². The van der Waals surface area contributed by atoms with Gasteiger partial charge in [-0.1, -0.05) is 0 Å². The molecule has 0 aromatic carbocycles. The number of nitrogens with zero attached hydrogens (tertiary/aromatic N) is 4. The van der Waals surface area contributed by atoms with Gasteiger partial charge in [0.15, 0.2) is 0 Å². The molecule has 3 aliphatic rings. The van der Waals surface area contributed by atoms with Gasteiger partial charge in [-0.3, -0.25) is 9.88 Å². The maximum atomic E-state index is 6.32. The van der Waals surface area contributed by atoms with E-state index < -0.39 is 0 Å². The summed E-state index contributed by atoms with van der Waals surface area (Å²) in [5.41, 5.74) is -0.0493. The van der Waals surface area contributed by atoms with Crippen LogP contribution in [0.5, 0.6) is 0 Å². The Morgan fingerprint density at radius 2 is 2.00 bits per heavy atom. The first-order valence-corrected chi connectivity index (χ1v) is 8.81. The van der Waals surface area contributed by atoms with Crippen LogP contribution in [0.3, 0.4) is 0 Å². The highest BCUT2D eigenvalue weighted by atomic mass is 16.5. The summed E-state index contributed by atoms with van der Waals surface area (Å²) < 4.78 is 11.8. The molecule has 1 spiro atoms. The number of anilines is 1. The van der Waals surface area contributed by atoms with Gasteiger partial charge in [-0.2, -0.15) is 0 Å². The molecule has 126 valence electrons. The Hall–Kier alpha value is -1.24. The number of hydrogen-bond donors (Lipinski definition) is 0. The lowest BCUT2D eigenvalue weighted by atomic mass is 9.89. The number of aromatic nitrogens is 2. The molecule has 4 rings (SSSR count). The van der Waals surface area contributed by atoms with Crippen molar-refractivity contribution in [1.29, 1.82) is 0 Å². The first kappa shape index (κ1) is 15.3. The van der Waals surface area contributed by atoms with Crippen LogP contribution >= 0.6 is 0 Å². The van der Waals surface area contributed by atoms with E-state index in [9.17, 15) is 0 Å². The van der Waals surface area contributed by atoms with E-state index in [4.69, 9.17) is 9.47 Å². The molecule has 0 unspecified atom stereocenters. The van der Waals surface area contributed by atoms with Gasteiger partial charge >= 0.3 is 0 Å². The molecular formula is C17H26N4O2. The normalized spacial score (nSPS) is 30.7. The van der Waals surface area contributed by atoms with E-state index in [1.54, 1.807) is 12.4 Å². The van der Waals surface area contributed by atoms with E-state index in [1.807, 2.05) is 6.20 Å². The molecule has 1 aromatic rings. The molecule has 1 aromatic heterocycles. The Labute approximate surface area is 137 Å². The molecule has 3 fully saturated rings. The summed E-state index contributed by atoms with van der Waals surface area (Å²) in [7, 11) is 0. The fraction of sp³-hybridized carbons (Fsp3) is 0.765. The summed E-state index contributed by atoms with van der Waals surface area (Å²) in [6.07, 6.45) is 9.97. The minimum Gasteiger partial charge on any atom is -0.381 e. The SMILES string of the molecule is c1cnc(N2CCC[C@]3(C2)CN(C2CCOCC2)CCO3)cn1. The standard InChI is InChI=1S/C17H26N4O2/c1-4-17(14-21(7-1)16-12-18-5-6-19-16)13-20(8-11-23-17)15-2-9-22-10-3-15/h5-6,12,15H,1-4,7-11,13-14H2/t17-/m1/s1. The second-order valence-electron chi connectivity index (χ2n) is 6.93. The predicted molar refractivity (Wildman–Crippen MR) is 87.6 cm³/mol. The maximum absolute atomic E-state index is 6.32. The van der Waals surface area contributed by atoms with E-state index in [0.29, 0.717) is 6.04 Å². The molecule has 0 aliphatic carbocycles. The molecule has 0 amide bonds. The number of morpholine rings is 1. The summed E-state index contributed by atoms with van der Waals surface area (Å²) in [5.74, 6) is 0.971. The maximum Gasteiger partial charge on any atom is 0.147 e. The quantitative estimate of drug-likeness (QED) is 0.820. The molecule has 0 N–H and O–H groups in total. The van der Waals surface area contributed by atoms with Crippen LogP contribution in [0.2, 0.25) is 0 Å². The second-order valence-corrected chi connectivity index (χ2v) is 6.93. The van der Waals surface area contributed by atoms with Crippen molar-refractivity contribution in [1.82, 2.24) is 14.9 Å². The van der Waals surface area contributed by atoms with Crippen molar-refractivity contribution >= 4 is 5.82 Å². The second kappa shape index (κ2) is 6.71. The van der Waals surface area contributed by atoms with E-state index in [0.717, 1.165) is 77.5 Å². The molecule has 0 radical (unpaired) electrons. The number of ether oxygens (including phenoxy) is 2. The molecule has 6 nitrogen and oxygen atoms in total. The lowest BCUT2D eigenvalue weighted by Crippen LogP contribution is -2.62. The Morgan fingerprint density at radius 1 is 1.09 bits per heavy atom. The van der Waals surface area contributed by atoms with Gasteiger partial charge in [0.25, 0.3) is 0 Å². The summed E-state index contributed by atoms with van der Waals surface area (Å²) in [6.45, 7) is 6.70. The van der Waals surface area contributed by atoms with Gasteiger partial charge in [-0.15, -0.1) is 0 Å². The molecular weight excluding hydrogens is 292 g/mol. The third kappa shape index (κ3) is 3.34. The van der Waals surface area contributed by atoms with Crippen molar-refractivity contribution in [2.24, 2.45) is 0 Å². The van der Waals surface area contributed by atoms with Gasteiger partial charge in [-0.25, -0.2) is 4.98 Å².